The first-order valence-electron chi connectivity index (χ1n) is 8.47. The van der Waals surface area contributed by atoms with E-state index < -0.39 is 0 Å². The molecule has 0 aromatic heterocycles. The fraction of sp³-hybridized carbons (Fsp3) is 1.00. The Hall–Kier alpha value is 0.130. The molecule has 0 aliphatic carbocycles. The monoisotopic (exact) mass is 335 g/mol. The quantitative estimate of drug-likeness (QED) is 0.386. The van der Waals surface area contributed by atoms with Crippen molar-refractivity contribution in [2.24, 2.45) is 0 Å². The lowest BCUT2D eigenvalue weighted by Crippen LogP contribution is -2.64. The number of ether oxygens (including phenoxy) is 2. The summed E-state index contributed by atoms with van der Waals surface area (Å²) in [6, 6.07) is 0.593. The number of hydrogen-bond donors (Lipinski definition) is 0. The van der Waals surface area contributed by atoms with Crippen LogP contribution in [0.3, 0.4) is 0 Å². The Morgan fingerprint density at radius 2 is 1.50 bits per heavy atom. The molecule has 1 aliphatic heterocycles. The molecule has 0 atom stereocenters. The van der Waals surface area contributed by atoms with Crippen molar-refractivity contribution in [3.8, 4) is 0 Å². The van der Waals surface area contributed by atoms with Gasteiger partial charge in [0.2, 0.25) is 0 Å². The third kappa shape index (κ3) is 5.34. The maximum absolute atomic E-state index is 6.58. The molecule has 0 aromatic carbocycles. The van der Waals surface area contributed by atoms with E-state index in [1.807, 2.05) is 11.3 Å². The molecule has 1 heterocycles. The highest BCUT2D eigenvalue weighted by Crippen LogP contribution is 2.42. The SMILES string of the molecule is CCOCCOCC[N+](C)(C)C1CC(C)(C)N(Cl)C(C)(C)C1. The minimum Gasteiger partial charge on any atom is -0.379 e. The molecule has 0 bridgehead atoms. The smallest absolute Gasteiger partial charge is 0.102 e. The molecule has 4 nitrogen and oxygen atoms in total. The second-order valence-electron chi connectivity index (χ2n) is 8.28. The summed E-state index contributed by atoms with van der Waals surface area (Å²) in [6.07, 6.45) is 2.21. The Kier molecular flexibility index (Phi) is 7.15. The largest absolute Gasteiger partial charge is 0.379 e. The highest BCUT2D eigenvalue weighted by atomic mass is 35.5. The topological polar surface area (TPSA) is 21.7 Å². The maximum Gasteiger partial charge on any atom is 0.102 e. The summed E-state index contributed by atoms with van der Waals surface area (Å²) >= 11 is 6.58. The van der Waals surface area contributed by atoms with Gasteiger partial charge in [-0.3, -0.25) is 0 Å². The van der Waals surface area contributed by atoms with Crippen molar-refractivity contribution in [2.45, 2.75) is 64.6 Å². The van der Waals surface area contributed by atoms with Crippen LogP contribution in [-0.2, 0) is 9.47 Å². The molecule has 1 rings (SSSR count). The van der Waals surface area contributed by atoms with Crippen molar-refractivity contribution < 1.29 is 14.0 Å². The van der Waals surface area contributed by atoms with Gasteiger partial charge in [-0.15, -0.1) is 0 Å². The summed E-state index contributed by atoms with van der Waals surface area (Å²) in [7, 11) is 4.62. The third-order valence-electron chi connectivity index (χ3n) is 4.91. The molecule has 1 fully saturated rings. The predicted octanol–water partition coefficient (Wildman–Crippen LogP) is 3.29. The lowest BCUT2D eigenvalue weighted by molar-refractivity contribution is -0.918. The molecule has 0 aromatic rings. The first-order valence-corrected chi connectivity index (χ1v) is 8.81. The van der Waals surface area contributed by atoms with Gasteiger partial charge in [0.15, 0.2) is 0 Å². The van der Waals surface area contributed by atoms with Crippen LogP contribution in [0.5, 0.6) is 0 Å². The van der Waals surface area contributed by atoms with Crippen LogP contribution in [0.1, 0.15) is 47.5 Å². The van der Waals surface area contributed by atoms with E-state index in [4.69, 9.17) is 21.3 Å². The Balaban J connectivity index is 2.53. The van der Waals surface area contributed by atoms with Crippen LogP contribution >= 0.6 is 11.8 Å². The highest BCUT2D eigenvalue weighted by Gasteiger charge is 2.49. The van der Waals surface area contributed by atoms with Gasteiger partial charge >= 0.3 is 0 Å². The summed E-state index contributed by atoms with van der Waals surface area (Å²) in [5.74, 6) is 0. The predicted molar refractivity (Wildman–Crippen MR) is 93.2 cm³/mol. The van der Waals surface area contributed by atoms with E-state index in [9.17, 15) is 0 Å². The standard InChI is InChI=1S/C17H36ClN2O2/c1-8-21-11-12-22-10-9-20(6,7)15-13-16(2,3)19(18)17(4,5)14-15/h15H,8-14H2,1-7H3/q+1. The van der Waals surface area contributed by atoms with Gasteiger partial charge in [0.1, 0.15) is 6.54 Å². The summed E-state index contributed by atoms with van der Waals surface area (Å²) in [4.78, 5) is 0. The van der Waals surface area contributed by atoms with Crippen molar-refractivity contribution >= 4 is 11.8 Å². The molecule has 0 spiro atoms. The lowest BCUT2D eigenvalue weighted by atomic mass is 9.78. The molecular formula is C17H36ClN2O2+. The Labute approximate surface area is 142 Å². The van der Waals surface area contributed by atoms with Gasteiger partial charge in [-0.1, -0.05) is 0 Å². The van der Waals surface area contributed by atoms with Crippen LogP contribution in [0.2, 0.25) is 0 Å². The average molecular weight is 336 g/mol. The van der Waals surface area contributed by atoms with E-state index in [0.717, 1.165) is 37.1 Å². The van der Waals surface area contributed by atoms with E-state index in [2.05, 4.69) is 41.8 Å². The number of halogens is 1. The fourth-order valence-electron chi connectivity index (χ4n) is 3.55. The van der Waals surface area contributed by atoms with Crippen LogP contribution in [0.15, 0.2) is 0 Å². The number of hydrogen-bond acceptors (Lipinski definition) is 3. The van der Waals surface area contributed by atoms with Gasteiger partial charge < -0.3 is 14.0 Å². The van der Waals surface area contributed by atoms with Gasteiger partial charge in [0.05, 0.1) is 40.0 Å². The number of piperidine rings is 1. The highest BCUT2D eigenvalue weighted by molar-refractivity contribution is 6.14. The molecule has 0 unspecified atom stereocenters. The van der Waals surface area contributed by atoms with Gasteiger partial charge in [0.25, 0.3) is 0 Å². The van der Waals surface area contributed by atoms with E-state index in [1.54, 1.807) is 0 Å². The molecular weight excluding hydrogens is 300 g/mol. The zero-order valence-electron chi connectivity index (χ0n) is 15.6. The average Bonchev–Trinajstić information content (AvgIpc) is 2.39. The second-order valence-corrected chi connectivity index (χ2v) is 8.62. The van der Waals surface area contributed by atoms with Crippen molar-refractivity contribution in [2.75, 3.05) is 47.1 Å². The van der Waals surface area contributed by atoms with E-state index in [0.29, 0.717) is 19.3 Å². The van der Waals surface area contributed by atoms with Gasteiger partial charge in [-0.25, -0.2) is 4.42 Å². The normalized spacial score (nSPS) is 22.9. The first kappa shape index (κ1) is 20.2. The number of nitrogens with zero attached hydrogens (tertiary/aromatic N) is 2. The van der Waals surface area contributed by atoms with Crippen molar-refractivity contribution in [1.82, 2.24) is 4.42 Å². The van der Waals surface area contributed by atoms with Crippen molar-refractivity contribution in [1.29, 1.82) is 0 Å². The number of likely N-dealkylation sites (N-methyl/N-ethyl adjacent to an activating group) is 1. The Morgan fingerprint density at radius 3 is 2.00 bits per heavy atom. The minimum atomic E-state index is 0.0132. The Bertz CT molecular complexity index is 328. The van der Waals surface area contributed by atoms with E-state index in [-0.39, 0.29) is 11.1 Å². The maximum atomic E-state index is 6.58. The molecule has 5 heteroatoms. The number of quaternary nitrogens is 1. The molecule has 22 heavy (non-hydrogen) atoms. The molecule has 0 N–H and O–H groups in total. The van der Waals surface area contributed by atoms with Crippen LogP contribution in [-0.4, -0.2) is 73.1 Å². The first-order chi connectivity index (χ1) is 10.0. The van der Waals surface area contributed by atoms with Gasteiger partial charge in [0, 0.05) is 30.5 Å². The van der Waals surface area contributed by atoms with E-state index in [1.165, 1.54) is 0 Å². The van der Waals surface area contributed by atoms with Crippen LogP contribution in [0.25, 0.3) is 0 Å². The number of rotatable bonds is 8. The fourth-order valence-corrected chi connectivity index (χ4v) is 3.68. The molecule has 132 valence electrons. The minimum absolute atomic E-state index is 0.0132. The van der Waals surface area contributed by atoms with Gasteiger partial charge in [-0.05, 0) is 46.4 Å². The van der Waals surface area contributed by atoms with E-state index >= 15 is 0 Å². The van der Waals surface area contributed by atoms with Crippen LogP contribution < -0.4 is 0 Å². The van der Waals surface area contributed by atoms with Gasteiger partial charge in [-0.2, -0.15) is 0 Å². The van der Waals surface area contributed by atoms with Crippen molar-refractivity contribution in [3.63, 3.8) is 0 Å². The zero-order chi connectivity index (χ0) is 17.0. The second kappa shape index (κ2) is 7.80. The van der Waals surface area contributed by atoms with Crippen LogP contribution in [0.4, 0.5) is 0 Å². The summed E-state index contributed by atoms with van der Waals surface area (Å²) in [5, 5.41) is 0. The summed E-state index contributed by atoms with van der Waals surface area (Å²) in [5.41, 5.74) is 0.0264. The molecule has 0 saturated carbocycles. The molecule has 0 amide bonds. The lowest BCUT2D eigenvalue weighted by Gasteiger charge is -2.54. The molecule has 1 saturated heterocycles. The Morgan fingerprint density at radius 1 is 1.00 bits per heavy atom. The summed E-state index contributed by atoms with van der Waals surface area (Å²) in [6.45, 7) is 14.9. The molecule has 1 aliphatic rings. The zero-order valence-corrected chi connectivity index (χ0v) is 16.4. The van der Waals surface area contributed by atoms with Crippen LogP contribution in [0, 0.1) is 0 Å². The third-order valence-corrected chi connectivity index (χ3v) is 5.82. The summed E-state index contributed by atoms with van der Waals surface area (Å²) < 4.78 is 14.0. The molecule has 0 radical (unpaired) electrons. The van der Waals surface area contributed by atoms with Crippen molar-refractivity contribution in [3.05, 3.63) is 0 Å².